The van der Waals surface area contributed by atoms with Gasteiger partial charge in [0.15, 0.2) is 0 Å². The molecule has 3 N–H and O–H groups in total. The van der Waals surface area contributed by atoms with Gasteiger partial charge in [-0.1, -0.05) is 18.2 Å². The minimum absolute atomic E-state index is 0. The van der Waals surface area contributed by atoms with Crippen molar-refractivity contribution in [3.05, 3.63) is 29.8 Å². The molecule has 1 aromatic rings. The van der Waals surface area contributed by atoms with Crippen LogP contribution in [0.4, 0.5) is 5.69 Å². The summed E-state index contributed by atoms with van der Waals surface area (Å²) in [5.74, 6) is -0.103. The fourth-order valence-corrected chi connectivity index (χ4v) is 2.45. The summed E-state index contributed by atoms with van der Waals surface area (Å²) in [5, 5.41) is 2.89. The lowest BCUT2D eigenvalue weighted by Gasteiger charge is -2.30. The lowest BCUT2D eigenvalue weighted by Crippen LogP contribution is -2.38. The molecular formula is C15H24ClN3O. The van der Waals surface area contributed by atoms with E-state index in [0.29, 0.717) is 6.54 Å². The second-order valence-corrected chi connectivity index (χ2v) is 5.18. The topological polar surface area (TPSA) is 58.4 Å². The fourth-order valence-electron chi connectivity index (χ4n) is 2.45. The van der Waals surface area contributed by atoms with Crippen LogP contribution in [0.3, 0.4) is 0 Å². The second kappa shape index (κ2) is 8.12. The molecule has 1 amide bonds. The standard InChI is InChI=1S/C15H23N3O.ClH/c1-12(16)15(19)17-11-13-7-3-4-8-14(13)18-9-5-2-6-10-18;/h3-4,7-8,12H,2,5-6,9-11,16H2,1H3,(H,17,19);1H. The molecule has 0 aliphatic carbocycles. The van der Waals surface area contributed by atoms with Gasteiger partial charge in [0.05, 0.1) is 6.04 Å². The third-order valence-corrected chi connectivity index (χ3v) is 3.56. The first kappa shape index (κ1) is 16.8. The molecule has 1 aliphatic rings. The predicted molar refractivity (Wildman–Crippen MR) is 85.3 cm³/mol. The van der Waals surface area contributed by atoms with Crippen molar-refractivity contribution >= 4 is 24.0 Å². The molecule has 0 aromatic heterocycles. The summed E-state index contributed by atoms with van der Waals surface area (Å²) in [6, 6.07) is 7.83. The van der Waals surface area contributed by atoms with Crippen LogP contribution in [0.1, 0.15) is 31.7 Å². The highest BCUT2D eigenvalue weighted by Crippen LogP contribution is 2.23. The van der Waals surface area contributed by atoms with E-state index in [-0.39, 0.29) is 18.3 Å². The minimum atomic E-state index is -0.456. The van der Waals surface area contributed by atoms with E-state index in [2.05, 4.69) is 28.4 Å². The molecular weight excluding hydrogens is 274 g/mol. The monoisotopic (exact) mass is 297 g/mol. The predicted octanol–water partition coefficient (Wildman–Crippen LogP) is 2.06. The van der Waals surface area contributed by atoms with Crippen molar-refractivity contribution in [3.63, 3.8) is 0 Å². The molecule has 2 rings (SSSR count). The van der Waals surface area contributed by atoms with Gasteiger partial charge >= 0.3 is 0 Å². The maximum atomic E-state index is 11.6. The maximum absolute atomic E-state index is 11.6. The lowest BCUT2D eigenvalue weighted by molar-refractivity contribution is -0.122. The number of hydrogen-bond donors (Lipinski definition) is 2. The number of nitrogens with zero attached hydrogens (tertiary/aromatic N) is 1. The van der Waals surface area contributed by atoms with Gasteiger partial charge in [0.1, 0.15) is 0 Å². The molecule has 1 unspecified atom stereocenters. The number of nitrogens with two attached hydrogens (primary N) is 1. The van der Waals surface area contributed by atoms with Gasteiger partial charge in [-0.05, 0) is 37.8 Å². The molecule has 0 radical (unpaired) electrons. The van der Waals surface area contributed by atoms with Crippen LogP contribution in [0, 0.1) is 0 Å². The summed E-state index contributed by atoms with van der Waals surface area (Å²) in [6.45, 7) is 4.47. The van der Waals surface area contributed by atoms with Gasteiger partial charge in [-0.15, -0.1) is 12.4 Å². The first-order valence-electron chi connectivity index (χ1n) is 7.04. The van der Waals surface area contributed by atoms with Crippen molar-refractivity contribution in [3.8, 4) is 0 Å². The molecule has 112 valence electrons. The molecule has 1 aliphatic heterocycles. The van der Waals surface area contributed by atoms with Gasteiger partial charge in [-0.25, -0.2) is 0 Å². The Balaban J connectivity index is 0.00000200. The Hall–Kier alpha value is -1.26. The number of carbonyl (C=O) groups is 1. The van der Waals surface area contributed by atoms with E-state index in [0.717, 1.165) is 13.1 Å². The van der Waals surface area contributed by atoms with Crippen LogP contribution in [0.5, 0.6) is 0 Å². The summed E-state index contributed by atoms with van der Waals surface area (Å²) >= 11 is 0. The summed E-state index contributed by atoms with van der Waals surface area (Å²) in [7, 11) is 0. The van der Waals surface area contributed by atoms with E-state index in [1.54, 1.807) is 6.92 Å². The third-order valence-electron chi connectivity index (χ3n) is 3.56. The number of carbonyl (C=O) groups excluding carboxylic acids is 1. The first-order valence-corrected chi connectivity index (χ1v) is 7.04. The highest BCUT2D eigenvalue weighted by molar-refractivity contribution is 5.85. The highest BCUT2D eigenvalue weighted by atomic mass is 35.5. The lowest BCUT2D eigenvalue weighted by atomic mass is 10.1. The van der Waals surface area contributed by atoms with Crippen LogP contribution in [0.2, 0.25) is 0 Å². The Labute approximate surface area is 127 Å². The van der Waals surface area contributed by atoms with E-state index in [1.807, 2.05) is 6.07 Å². The molecule has 5 heteroatoms. The largest absolute Gasteiger partial charge is 0.371 e. The summed E-state index contributed by atoms with van der Waals surface area (Å²) in [4.78, 5) is 14.0. The molecule has 1 atom stereocenters. The SMILES string of the molecule is CC(N)C(=O)NCc1ccccc1N1CCCCC1.Cl. The highest BCUT2D eigenvalue weighted by Gasteiger charge is 2.14. The Kier molecular flexibility index (Phi) is 6.82. The number of hydrogen-bond acceptors (Lipinski definition) is 3. The quantitative estimate of drug-likeness (QED) is 0.894. The van der Waals surface area contributed by atoms with Gasteiger partial charge < -0.3 is 16.0 Å². The zero-order valence-electron chi connectivity index (χ0n) is 12.0. The van der Waals surface area contributed by atoms with Gasteiger partial charge in [-0.3, -0.25) is 4.79 Å². The van der Waals surface area contributed by atoms with Crippen LogP contribution < -0.4 is 16.0 Å². The summed E-state index contributed by atoms with van der Waals surface area (Å²) < 4.78 is 0. The molecule has 1 saturated heterocycles. The normalized spacial score (nSPS) is 16.2. The second-order valence-electron chi connectivity index (χ2n) is 5.18. The van der Waals surface area contributed by atoms with Crippen molar-refractivity contribution in [2.45, 2.75) is 38.8 Å². The average Bonchev–Trinajstić information content (AvgIpc) is 2.46. The van der Waals surface area contributed by atoms with Crippen molar-refractivity contribution in [2.24, 2.45) is 5.73 Å². The van der Waals surface area contributed by atoms with Crippen molar-refractivity contribution in [1.29, 1.82) is 0 Å². The van der Waals surface area contributed by atoms with E-state index < -0.39 is 6.04 Å². The average molecular weight is 298 g/mol. The van der Waals surface area contributed by atoms with Crippen molar-refractivity contribution in [1.82, 2.24) is 5.32 Å². The first-order chi connectivity index (χ1) is 9.18. The molecule has 1 fully saturated rings. The Morgan fingerprint density at radius 2 is 1.95 bits per heavy atom. The fraction of sp³-hybridized carbons (Fsp3) is 0.533. The summed E-state index contributed by atoms with van der Waals surface area (Å²) in [6.07, 6.45) is 3.82. The van der Waals surface area contributed by atoms with Crippen LogP contribution in [0.25, 0.3) is 0 Å². The Bertz CT molecular complexity index is 431. The molecule has 20 heavy (non-hydrogen) atoms. The zero-order valence-corrected chi connectivity index (χ0v) is 12.8. The van der Waals surface area contributed by atoms with Crippen LogP contribution in [0.15, 0.2) is 24.3 Å². The number of anilines is 1. The number of halogens is 1. The van der Waals surface area contributed by atoms with Crippen LogP contribution in [-0.4, -0.2) is 25.0 Å². The molecule has 0 spiro atoms. The van der Waals surface area contributed by atoms with Crippen LogP contribution >= 0.6 is 12.4 Å². The van der Waals surface area contributed by atoms with Gasteiger partial charge in [0, 0.05) is 25.3 Å². The van der Waals surface area contributed by atoms with Gasteiger partial charge in [0.2, 0.25) is 5.91 Å². The number of amides is 1. The van der Waals surface area contributed by atoms with E-state index in [1.165, 1.54) is 30.5 Å². The number of benzene rings is 1. The molecule has 4 nitrogen and oxygen atoms in total. The van der Waals surface area contributed by atoms with E-state index >= 15 is 0 Å². The molecule has 1 heterocycles. The van der Waals surface area contributed by atoms with E-state index in [9.17, 15) is 4.79 Å². The third kappa shape index (κ3) is 4.39. The summed E-state index contributed by atoms with van der Waals surface area (Å²) in [5.41, 5.74) is 7.97. The maximum Gasteiger partial charge on any atom is 0.236 e. The number of piperidine rings is 1. The van der Waals surface area contributed by atoms with Crippen molar-refractivity contribution in [2.75, 3.05) is 18.0 Å². The minimum Gasteiger partial charge on any atom is -0.371 e. The number of para-hydroxylation sites is 1. The van der Waals surface area contributed by atoms with Crippen molar-refractivity contribution < 1.29 is 4.79 Å². The Morgan fingerprint density at radius 3 is 2.60 bits per heavy atom. The zero-order chi connectivity index (χ0) is 13.7. The van der Waals surface area contributed by atoms with Gasteiger partial charge in [0.25, 0.3) is 0 Å². The molecule has 0 bridgehead atoms. The molecule has 1 aromatic carbocycles. The number of nitrogens with one attached hydrogen (secondary N) is 1. The molecule has 0 saturated carbocycles. The van der Waals surface area contributed by atoms with Crippen LogP contribution in [-0.2, 0) is 11.3 Å². The van der Waals surface area contributed by atoms with E-state index in [4.69, 9.17) is 5.73 Å². The Morgan fingerprint density at radius 1 is 1.30 bits per heavy atom. The van der Waals surface area contributed by atoms with Gasteiger partial charge in [-0.2, -0.15) is 0 Å². The smallest absolute Gasteiger partial charge is 0.236 e. The number of rotatable bonds is 4.